The van der Waals surface area contributed by atoms with E-state index in [2.05, 4.69) is 18.2 Å². The number of piperidine rings is 1. The Balaban J connectivity index is 2.38. The van der Waals surface area contributed by atoms with E-state index in [9.17, 15) is 5.11 Å². The lowest BCUT2D eigenvalue weighted by molar-refractivity contribution is -0.0257. The van der Waals surface area contributed by atoms with Crippen LogP contribution in [0.1, 0.15) is 39.0 Å². The Morgan fingerprint density at radius 2 is 2.46 bits per heavy atom. The molecule has 13 heavy (non-hydrogen) atoms. The molecule has 0 amide bonds. The second-order valence-corrected chi connectivity index (χ2v) is 3.94. The van der Waals surface area contributed by atoms with Gasteiger partial charge in [-0.3, -0.25) is 0 Å². The summed E-state index contributed by atoms with van der Waals surface area (Å²) in [6.07, 6.45) is 9.68. The smallest absolute Gasteiger partial charge is 0.0798 e. The average Bonchev–Trinajstić information content (AvgIpc) is 2.11. The molecule has 0 aromatic heterocycles. The zero-order chi connectivity index (χ0) is 9.73. The molecular weight excluding hydrogens is 162 g/mol. The highest BCUT2D eigenvalue weighted by Gasteiger charge is 2.34. The van der Waals surface area contributed by atoms with Gasteiger partial charge in [0, 0.05) is 12.5 Å². The minimum atomic E-state index is -0.519. The molecule has 0 bridgehead atoms. The summed E-state index contributed by atoms with van der Waals surface area (Å²) in [6.45, 7) is 3.08. The lowest BCUT2D eigenvalue weighted by Gasteiger charge is -2.38. The molecule has 1 saturated heterocycles. The molecule has 1 aliphatic rings. The van der Waals surface area contributed by atoms with E-state index in [0.29, 0.717) is 0 Å². The third-order valence-corrected chi connectivity index (χ3v) is 2.97. The molecular formula is C11H19NO. The topological polar surface area (TPSA) is 32.3 Å². The number of nitrogens with one attached hydrogen (secondary N) is 1. The molecule has 2 nitrogen and oxygen atoms in total. The second kappa shape index (κ2) is 4.64. The van der Waals surface area contributed by atoms with Crippen LogP contribution in [-0.2, 0) is 0 Å². The van der Waals surface area contributed by atoms with Crippen molar-refractivity contribution in [2.45, 2.75) is 50.7 Å². The fourth-order valence-electron chi connectivity index (χ4n) is 1.96. The van der Waals surface area contributed by atoms with Crippen molar-refractivity contribution in [1.29, 1.82) is 0 Å². The Bertz CT molecular complexity index is 197. The Morgan fingerprint density at radius 3 is 3.08 bits per heavy atom. The van der Waals surface area contributed by atoms with Crippen LogP contribution < -0.4 is 5.32 Å². The van der Waals surface area contributed by atoms with E-state index in [4.69, 9.17) is 6.42 Å². The first-order valence-electron chi connectivity index (χ1n) is 5.08. The number of hydrogen-bond acceptors (Lipinski definition) is 2. The van der Waals surface area contributed by atoms with Gasteiger partial charge in [0.15, 0.2) is 0 Å². The number of terminal acetylenes is 1. The highest BCUT2D eigenvalue weighted by atomic mass is 16.3. The van der Waals surface area contributed by atoms with E-state index in [-0.39, 0.29) is 6.04 Å². The molecule has 0 radical (unpaired) electrons. The number of unbranched alkanes of at least 4 members (excludes halogenated alkanes) is 1. The molecule has 0 saturated carbocycles. The van der Waals surface area contributed by atoms with Crippen LogP contribution in [0, 0.1) is 12.3 Å². The summed E-state index contributed by atoms with van der Waals surface area (Å²) in [4.78, 5) is 0. The van der Waals surface area contributed by atoms with Crippen molar-refractivity contribution in [3.8, 4) is 12.3 Å². The Hall–Kier alpha value is -0.520. The van der Waals surface area contributed by atoms with Crippen molar-refractivity contribution in [2.24, 2.45) is 0 Å². The van der Waals surface area contributed by atoms with Crippen LogP contribution in [0.3, 0.4) is 0 Å². The third kappa shape index (κ3) is 2.72. The first-order valence-corrected chi connectivity index (χ1v) is 5.08. The molecule has 2 atom stereocenters. The van der Waals surface area contributed by atoms with E-state index < -0.39 is 5.60 Å². The molecule has 1 aliphatic heterocycles. The van der Waals surface area contributed by atoms with Gasteiger partial charge in [-0.25, -0.2) is 0 Å². The molecule has 0 aromatic carbocycles. The standard InChI is InChI=1S/C11H19NO/c1-3-4-5-7-11(13)8-6-9-12-10(11)2/h1,10,12-13H,4-9H2,2H3. The summed E-state index contributed by atoms with van der Waals surface area (Å²) in [5, 5.41) is 13.5. The maximum atomic E-state index is 10.2. The van der Waals surface area contributed by atoms with Gasteiger partial charge in [-0.15, -0.1) is 12.3 Å². The molecule has 1 heterocycles. The Labute approximate surface area is 80.7 Å². The molecule has 0 aromatic rings. The van der Waals surface area contributed by atoms with Gasteiger partial charge in [0.2, 0.25) is 0 Å². The van der Waals surface area contributed by atoms with Gasteiger partial charge >= 0.3 is 0 Å². The average molecular weight is 181 g/mol. The minimum Gasteiger partial charge on any atom is -0.388 e. The summed E-state index contributed by atoms with van der Waals surface area (Å²) < 4.78 is 0. The quantitative estimate of drug-likeness (QED) is 0.508. The van der Waals surface area contributed by atoms with Crippen molar-refractivity contribution in [1.82, 2.24) is 5.32 Å². The molecule has 2 unspecified atom stereocenters. The van der Waals surface area contributed by atoms with Crippen LogP contribution in [0.15, 0.2) is 0 Å². The zero-order valence-corrected chi connectivity index (χ0v) is 8.34. The zero-order valence-electron chi connectivity index (χ0n) is 8.34. The van der Waals surface area contributed by atoms with E-state index in [1.807, 2.05) is 0 Å². The first-order chi connectivity index (χ1) is 6.19. The second-order valence-electron chi connectivity index (χ2n) is 3.94. The lowest BCUT2D eigenvalue weighted by atomic mass is 9.83. The van der Waals surface area contributed by atoms with Crippen LogP contribution in [0.5, 0.6) is 0 Å². The molecule has 0 aliphatic carbocycles. The summed E-state index contributed by atoms with van der Waals surface area (Å²) in [5.41, 5.74) is -0.519. The Kier molecular flexibility index (Phi) is 3.77. The van der Waals surface area contributed by atoms with Crippen LogP contribution in [0.2, 0.25) is 0 Å². The van der Waals surface area contributed by atoms with Crippen molar-refractivity contribution < 1.29 is 5.11 Å². The molecule has 2 N–H and O–H groups in total. The van der Waals surface area contributed by atoms with E-state index >= 15 is 0 Å². The van der Waals surface area contributed by atoms with Gasteiger partial charge in [0.1, 0.15) is 0 Å². The maximum Gasteiger partial charge on any atom is 0.0798 e. The van der Waals surface area contributed by atoms with Crippen molar-refractivity contribution in [3.05, 3.63) is 0 Å². The first kappa shape index (κ1) is 10.6. The predicted octanol–water partition coefficient (Wildman–Crippen LogP) is 1.29. The van der Waals surface area contributed by atoms with Crippen molar-refractivity contribution in [3.63, 3.8) is 0 Å². The van der Waals surface area contributed by atoms with Crippen LogP contribution in [-0.4, -0.2) is 23.3 Å². The lowest BCUT2D eigenvalue weighted by Crippen LogP contribution is -2.53. The SMILES string of the molecule is C#CCCCC1(O)CCCNC1C. The van der Waals surface area contributed by atoms with Crippen LogP contribution in [0.25, 0.3) is 0 Å². The van der Waals surface area contributed by atoms with Crippen LogP contribution >= 0.6 is 0 Å². The third-order valence-electron chi connectivity index (χ3n) is 2.97. The summed E-state index contributed by atoms with van der Waals surface area (Å²) in [5.74, 6) is 2.61. The Morgan fingerprint density at radius 1 is 1.69 bits per heavy atom. The normalized spacial score (nSPS) is 34.1. The van der Waals surface area contributed by atoms with E-state index in [0.717, 1.165) is 38.6 Å². The monoisotopic (exact) mass is 181 g/mol. The van der Waals surface area contributed by atoms with Crippen molar-refractivity contribution in [2.75, 3.05) is 6.54 Å². The van der Waals surface area contributed by atoms with Crippen molar-refractivity contribution >= 4 is 0 Å². The fraction of sp³-hybridized carbons (Fsp3) is 0.818. The maximum absolute atomic E-state index is 10.2. The van der Waals surface area contributed by atoms with Gasteiger partial charge in [-0.05, 0) is 39.2 Å². The van der Waals surface area contributed by atoms with E-state index in [1.165, 1.54) is 0 Å². The minimum absolute atomic E-state index is 0.207. The highest BCUT2D eigenvalue weighted by Crippen LogP contribution is 2.27. The largest absolute Gasteiger partial charge is 0.388 e. The van der Waals surface area contributed by atoms with Gasteiger partial charge in [0.05, 0.1) is 5.60 Å². The molecule has 1 rings (SSSR count). The molecule has 0 spiro atoms. The number of rotatable bonds is 3. The van der Waals surface area contributed by atoms with E-state index in [1.54, 1.807) is 0 Å². The number of aliphatic hydroxyl groups is 1. The molecule has 2 heteroatoms. The van der Waals surface area contributed by atoms with Gasteiger partial charge in [-0.1, -0.05) is 0 Å². The predicted molar refractivity (Wildman–Crippen MR) is 54.3 cm³/mol. The summed E-state index contributed by atoms with van der Waals surface area (Å²) in [6, 6.07) is 0.207. The summed E-state index contributed by atoms with van der Waals surface area (Å²) in [7, 11) is 0. The number of hydrogen-bond donors (Lipinski definition) is 2. The molecule has 1 fully saturated rings. The van der Waals surface area contributed by atoms with Gasteiger partial charge in [-0.2, -0.15) is 0 Å². The van der Waals surface area contributed by atoms with Gasteiger partial charge < -0.3 is 10.4 Å². The summed E-state index contributed by atoms with van der Waals surface area (Å²) >= 11 is 0. The van der Waals surface area contributed by atoms with Gasteiger partial charge in [0.25, 0.3) is 0 Å². The van der Waals surface area contributed by atoms with Crippen LogP contribution in [0.4, 0.5) is 0 Å². The highest BCUT2D eigenvalue weighted by molar-refractivity contribution is 4.93. The molecule has 74 valence electrons. The fourth-order valence-corrected chi connectivity index (χ4v) is 1.96.